The highest BCUT2D eigenvalue weighted by Crippen LogP contribution is 2.26. The second-order valence-corrected chi connectivity index (χ2v) is 5.22. The summed E-state index contributed by atoms with van der Waals surface area (Å²) in [4.78, 5) is 4.21. The van der Waals surface area contributed by atoms with E-state index in [0.29, 0.717) is 12.4 Å². The van der Waals surface area contributed by atoms with Crippen LogP contribution in [-0.4, -0.2) is 19.9 Å². The van der Waals surface area contributed by atoms with Gasteiger partial charge in [0, 0.05) is 11.6 Å². The second kappa shape index (κ2) is 6.05. The molecule has 0 bridgehead atoms. The molecule has 1 N–H and O–H groups in total. The van der Waals surface area contributed by atoms with E-state index in [9.17, 15) is 5.11 Å². The molecule has 0 radical (unpaired) electrons. The minimum Gasteiger partial charge on any atom is -0.485 e. The molecule has 0 aliphatic heterocycles. The van der Waals surface area contributed by atoms with Crippen molar-refractivity contribution in [1.82, 2.24) is 14.8 Å². The molecule has 0 aliphatic carbocycles. The lowest BCUT2D eigenvalue weighted by Crippen LogP contribution is -2.11. The molecule has 0 saturated carbocycles. The fourth-order valence-electron chi connectivity index (χ4n) is 2.08. The van der Waals surface area contributed by atoms with Gasteiger partial charge in [-0.3, -0.25) is 0 Å². The maximum Gasteiger partial charge on any atom is 0.165 e. The lowest BCUT2D eigenvalue weighted by atomic mass is 10.1. The van der Waals surface area contributed by atoms with Crippen molar-refractivity contribution in [1.29, 1.82) is 0 Å². The molecule has 0 saturated heterocycles. The Hall–Kier alpha value is -1.88. The van der Waals surface area contributed by atoms with Crippen LogP contribution in [-0.2, 0) is 6.61 Å². The molecule has 1 heterocycles. The summed E-state index contributed by atoms with van der Waals surface area (Å²) in [5.74, 6) is 1.46. The van der Waals surface area contributed by atoms with Gasteiger partial charge in [-0.05, 0) is 39.8 Å². The van der Waals surface area contributed by atoms with Crippen LogP contribution >= 0.6 is 0 Å². The molecule has 1 aromatic carbocycles. The van der Waals surface area contributed by atoms with Crippen molar-refractivity contribution in [3.8, 4) is 5.75 Å². The van der Waals surface area contributed by atoms with Gasteiger partial charge in [-0.15, -0.1) is 0 Å². The lowest BCUT2D eigenvalue weighted by molar-refractivity contribution is 0.188. The molecule has 20 heavy (non-hydrogen) atoms. The lowest BCUT2D eigenvalue weighted by Gasteiger charge is -2.15. The molecule has 0 fully saturated rings. The van der Waals surface area contributed by atoms with E-state index in [1.165, 1.54) is 6.33 Å². The van der Waals surface area contributed by atoms with Gasteiger partial charge >= 0.3 is 0 Å². The minimum atomic E-state index is -0.562. The average Bonchev–Trinajstić information content (AvgIpc) is 2.85. The van der Waals surface area contributed by atoms with E-state index in [1.54, 1.807) is 6.92 Å². The maximum atomic E-state index is 9.82. The quantitative estimate of drug-likeness (QED) is 0.911. The van der Waals surface area contributed by atoms with Crippen LogP contribution in [0.25, 0.3) is 0 Å². The summed E-state index contributed by atoms with van der Waals surface area (Å²) in [7, 11) is 0. The summed E-state index contributed by atoms with van der Waals surface area (Å²) in [5, 5.41) is 14.0. The molecule has 1 unspecified atom stereocenters. The van der Waals surface area contributed by atoms with E-state index >= 15 is 0 Å². The smallest absolute Gasteiger partial charge is 0.165 e. The number of ether oxygens (including phenoxy) is 1. The van der Waals surface area contributed by atoms with Crippen LogP contribution in [0.15, 0.2) is 24.5 Å². The van der Waals surface area contributed by atoms with Crippen LogP contribution in [0.4, 0.5) is 0 Å². The number of hydrogen-bond donors (Lipinski definition) is 1. The van der Waals surface area contributed by atoms with Gasteiger partial charge in [-0.2, -0.15) is 5.10 Å². The van der Waals surface area contributed by atoms with Crippen LogP contribution in [0.1, 0.15) is 49.9 Å². The van der Waals surface area contributed by atoms with Crippen molar-refractivity contribution in [3.63, 3.8) is 0 Å². The molecule has 2 rings (SSSR count). The Labute approximate surface area is 119 Å². The third-order valence-corrected chi connectivity index (χ3v) is 3.11. The Kier molecular flexibility index (Phi) is 4.39. The fourth-order valence-corrected chi connectivity index (χ4v) is 2.08. The molecule has 2 aromatic rings. The van der Waals surface area contributed by atoms with Crippen molar-refractivity contribution in [2.45, 2.75) is 46.4 Å². The Balaban J connectivity index is 2.17. The predicted molar refractivity (Wildman–Crippen MR) is 76.6 cm³/mol. The van der Waals surface area contributed by atoms with E-state index in [1.807, 2.05) is 43.7 Å². The van der Waals surface area contributed by atoms with Gasteiger partial charge in [0.05, 0.1) is 6.10 Å². The number of aryl methyl sites for hydroxylation is 1. The van der Waals surface area contributed by atoms with Crippen LogP contribution in [0.2, 0.25) is 0 Å². The summed E-state index contributed by atoms with van der Waals surface area (Å²) in [6, 6.07) is 6.03. The van der Waals surface area contributed by atoms with Crippen LogP contribution < -0.4 is 4.74 Å². The number of aliphatic hydroxyl groups excluding tert-OH is 1. The molecule has 5 heteroatoms. The summed E-state index contributed by atoms with van der Waals surface area (Å²) in [6.45, 7) is 8.15. The van der Waals surface area contributed by atoms with Crippen molar-refractivity contribution in [2.24, 2.45) is 0 Å². The van der Waals surface area contributed by atoms with E-state index in [2.05, 4.69) is 10.1 Å². The largest absolute Gasteiger partial charge is 0.485 e. The van der Waals surface area contributed by atoms with Crippen LogP contribution in [0.5, 0.6) is 5.75 Å². The molecule has 1 aromatic heterocycles. The SMILES string of the molecule is Cc1ccc(OCc2ncnn2C(C)C)c(C(C)O)c1. The molecule has 1 atom stereocenters. The summed E-state index contributed by atoms with van der Waals surface area (Å²) >= 11 is 0. The molecule has 5 nitrogen and oxygen atoms in total. The van der Waals surface area contributed by atoms with Crippen molar-refractivity contribution in [2.75, 3.05) is 0 Å². The van der Waals surface area contributed by atoms with Crippen LogP contribution in [0.3, 0.4) is 0 Å². The predicted octanol–water partition coefficient (Wildman–Crippen LogP) is 2.80. The van der Waals surface area contributed by atoms with Crippen LogP contribution in [0, 0.1) is 6.92 Å². The Morgan fingerprint density at radius 2 is 2.05 bits per heavy atom. The van der Waals surface area contributed by atoms with Gasteiger partial charge in [0.2, 0.25) is 0 Å². The number of nitrogens with zero attached hydrogens (tertiary/aromatic N) is 3. The molecular formula is C15H21N3O2. The highest BCUT2D eigenvalue weighted by atomic mass is 16.5. The highest BCUT2D eigenvalue weighted by molar-refractivity contribution is 5.38. The zero-order valence-corrected chi connectivity index (χ0v) is 12.4. The molecular weight excluding hydrogens is 254 g/mol. The first-order chi connectivity index (χ1) is 9.49. The standard InChI is InChI=1S/C15H21N3O2/c1-10(2)18-15(16-9-17-18)8-20-14-6-5-11(3)7-13(14)12(4)19/h5-7,9-10,12,19H,8H2,1-4H3. The van der Waals surface area contributed by atoms with Gasteiger partial charge in [0.15, 0.2) is 5.82 Å². The first-order valence-corrected chi connectivity index (χ1v) is 6.79. The molecule has 0 amide bonds. The summed E-state index contributed by atoms with van der Waals surface area (Å²) < 4.78 is 7.63. The van der Waals surface area contributed by atoms with Crippen molar-refractivity contribution < 1.29 is 9.84 Å². The van der Waals surface area contributed by atoms with Gasteiger partial charge in [0.1, 0.15) is 18.7 Å². The summed E-state index contributed by atoms with van der Waals surface area (Å²) in [6.07, 6.45) is 0.969. The highest BCUT2D eigenvalue weighted by Gasteiger charge is 2.12. The molecule has 0 spiro atoms. The van der Waals surface area contributed by atoms with Gasteiger partial charge in [-0.25, -0.2) is 9.67 Å². The minimum absolute atomic E-state index is 0.241. The first kappa shape index (κ1) is 14.5. The fraction of sp³-hybridized carbons (Fsp3) is 0.467. The summed E-state index contributed by atoms with van der Waals surface area (Å²) in [5.41, 5.74) is 1.89. The van der Waals surface area contributed by atoms with E-state index in [4.69, 9.17) is 4.74 Å². The topological polar surface area (TPSA) is 60.2 Å². The monoisotopic (exact) mass is 275 g/mol. The Morgan fingerprint density at radius 3 is 2.70 bits per heavy atom. The van der Waals surface area contributed by atoms with Gasteiger partial charge < -0.3 is 9.84 Å². The Bertz CT molecular complexity index is 576. The third-order valence-electron chi connectivity index (χ3n) is 3.11. The van der Waals surface area contributed by atoms with E-state index in [-0.39, 0.29) is 6.04 Å². The second-order valence-electron chi connectivity index (χ2n) is 5.22. The van der Waals surface area contributed by atoms with E-state index in [0.717, 1.165) is 17.0 Å². The number of aliphatic hydroxyl groups is 1. The van der Waals surface area contributed by atoms with Crippen molar-refractivity contribution in [3.05, 3.63) is 41.5 Å². The number of hydrogen-bond acceptors (Lipinski definition) is 4. The average molecular weight is 275 g/mol. The number of aromatic nitrogens is 3. The Morgan fingerprint density at radius 1 is 1.30 bits per heavy atom. The molecule has 108 valence electrons. The number of benzene rings is 1. The molecule has 0 aliphatic rings. The normalized spacial score (nSPS) is 12.7. The zero-order chi connectivity index (χ0) is 14.7. The van der Waals surface area contributed by atoms with Gasteiger partial charge in [0.25, 0.3) is 0 Å². The number of rotatable bonds is 5. The van der Waals surface area contributed by atoms with E-state index < -0.39 is 6.10 Å². The zero-order valence-electron chi connectivity index (χ0n) is 12.4. The first-order valence-electron chi connectivity index (χ1n) is 6.79. The van der Waals surface area contributed by atoms with Crippen molar-refractivity contribution >= 4 is 0 Å². The third kappa shape index (κ3) is 3.17. The van der Waals surface area contributed by atoms with Gasteiger partial charge in [-0.1, -0.05) is 11.6 Å². The maximum absolute atomic E-state index is 9.82.